The van der Waals surface area contributed by atoms with Gasteiger partial charge in [0.2, 0.25) is 5.91 Å². The van der Waals surface area contributed by atoms with E-state index < -0.39 is 0 Å². The Labute approximate surface area is 171 Å². The highest BCUT2D eigenvalue weighted by Gasteiger charge is 2.11. The van der Waals surface area contributed by atoms with Gasteiger partial charge in [-0.05, 0) is 63.8 Å². The molecule has 0 saturated carbocycles. The first kappa shape index (κ1) is 19.3. The van der Waals surface area contributed by atoms with Crippen LogP contribution in [-0.2, 0) is 4.79 Å². The van der Waals surface area contributed by atoms with Crippen molar-refractivity contribution in [2.45, 2.75) is 0 Å². The molecule has 0 unspecified atom stereocenters. The molecule has 3 aromatic rings. The van der Waals surface area contributed by atoms with E-state index in [-0.39, 0.29) is 24.3 Å². The van der Waals surface area contributed by atoms with E-state index in [0.717, 1.165) is 3.79 Å². The molecule has 0 bridgehead atoms. The van der Waals surface area contributed by atoms with Crippen LogP contribution >= 0.6 is 38.6 Å². The van der Waals surface area contributed by atoms with E-state index in [1.54, 1.807) is 42.5 Å². The van der Waals surface area contributed by atoms with Crippen molar-refractivity contribution in [2.24, 2.45) is 0 Å². The van der Waals surface area contributed by atoms with E-state index in [1.807, 2.05) is 11.4 Å². The van der Waals surface area contributed by atoms with Crippen LogP contribution in [0.5, 0.6) is 0 Å². The monoisotopic (exact) mass is 463 g/mol. The summed E-state index contributed by atoms with van der Waals surface area (Å²) in [6.45, 7) is -0.134. The average Bonchev–Trinajstić information content (AvgIpc) is 3.33. The molecule has 2 aromatic heterocycles. The molecule has 3 N–H and O–H groups in total. The molecule has 0 fully saturated rings. The Hall–Kier alpha value is -2.49. The maximum Gasteiger partial charge on any atom is 0.265 e. The van der Waals surface area contributed by atoms with E-state index in [0.29, 0.717) is 21.1 Å². The molecule has 27 heavy (non-hydrogen) atoms. The molecule has 0 atom stereocenters. The Morgan fingerprint density at radius 3 is 2.15 bits per heavy atom. The normalized spacial score (nSPS) is 10.3. The van der Waals surface area contributed by atoms with Gasteiger partial charge in [0.25, 0.3) is 11.8 Å². The summed E-state index contributed by atoms with van der Waals surface area (Å²) in [5.41, 5.74) is 1.20. The minimum absolute atomic E-state index is 0.134. The number of carbonyl (C=O) groups is 3. The first-order valence-electron chi connectivity index (χ1n) is 7.79. The number of halogens is 1. The van der Waals surface area contributed by atoms with Crippen LogP contribution in [0.25, 0.3) is 0 Å². The summed E-state index contributed by atoms with van der Waals surface area (Å²) >= 11 is 5.95. The second kappa shape index (κ2) is 8.94. The Morgan fingerprint density at radius 1 is 0.852 bits per heavy atom. The summed E-state index contributed by atoms with van der Waals surface area (Å²) in [6, 6.07) is 13.8. The highest BCUT2D eigenvalue weighted by atomic mass is 79.9. The first-order chi connectivity index (χ1) is 13.0. The lowest BCUT2D eigenvalue weighted by Crippen LogP contribution is -2.32. The lowest BCUT2D eigenvalue weighted by atomic mass is 10.2. The lowest BCUT2D eigenvalue weighted by molar-refractivity contribution is -0.115. The molecule has 0 saturated heterocycles. The molecule has 9 heteroatoms. The van der Waals surface area contributed by atoms with Gasteiger partial charge in [-0.2, -0.15) is 0 Å². The zero-order chi connectivity index (χ0) is 19.2. The molecular formula is C18H14BrN3O3S2. The highest BCUT2D eigenvalue weighted by Crippen LogP contribution is 2.21. The topological polar surface area (TPSA) is 87.3 Å². The van der Waals surface area contributed by atoms with Crippen molar-refractivity contribution in [3.63, 3.8) is 0 Å². The quantitative estimate of drug-likeness (QED) is 0.511. The third-order valence-corrected chi connectivity index (χ3v) is 5.87. The zero-order valence-corrected chi connectivity index (χ0v) is 17.0. The second-order valence-electron chi connectivity index (χ2n) is 5.34. The Balaban J connectivity index is 1.48. The summed E-state index contributed by atoms with van der Waals surface area (Å²) in [5, 5.41) is 9.88. The smallest absolute Gasteiger partial charge is 0.265 e. The van der Waals surface area contributed by atoms with Crippen molar-refractivity contribution in [3.05, 3.63) is 67.5 Å². The van der Waals surface area contributed by atoms with Crippen molar-refractivity contribution in [3.8, 4) is 0 Å². The number of amides is 3. The molecule has 3 amide bonds. The summed E-state index contributed by atoms with van der Waals surface area (Å²) < 4.78 is 0.850. The van der Waals surface area contributed by atoms with Crippen LogP contribution in [0.3, 0.4) is 0 Å². The maximum absolute atomic E-state index is 12.0. The highest BCUT2D eigenvalue weighted by molar-refractivity contribution is 9.11. The van der Waals surface area contributed by atoms with E-state index in [4.69, 9.17) is 0 Å². The van der Waals surface area contributed by atoms with Gasteiger partial charge in [-0.1, -0.05) is 6.07 Å². The third kappa shape index (κ3) is 5.49. The number of anilines is 2. The fourth-order valence-electron chi connectivity index (χ4n) is 2.13. The molecule has 0 spiro atoms. The number of carbonyl (C=O) groups excluding carboxylic acids is 3. The van der Waals surface area contributed by atoms with Crippen LogP contribution in [0.4, 0.5) is 11.4 Å². The van der Waals surface area contributed by atoms with Gasteiger partial charge >= 0.3 is 0 Å². The van der Waals surface area contributed by atoms with Crippen LogP contribution in [0, 0.1) is 0 Å². The van der Waals surface area contributed by atoms with Crippen LogP contribution in [0.15, 0.2) is 57.7 Å². The second-order valence-corrected chi connectivity index (χ2v) is 8.75. The van der Waals surface area contributed by atoms with Crippen LogP contribution in [0.1, 0.15) is 19.3 Å². The van der Waals surface area contributed by atoms with E-state index in [2.05, 4.69) is 31.9 Å². The van der Waals surface area contributed by atoms with Gasteiger partial charge in [0.1, 0.15) is 0 Å². The number of rotatable bonds is 6. The zero-order valence-electron chi connectivity index (χ0n) is 13.8. The molecule has 138 valence electrons. The molecule has 3 rings (SSSR count). The van der Waals surface area contributed by atoms with Gasteiger partial charge in [0, 0.05) is 11.4 Å². The summed E-state index contributed by atoms with van der Waals surface area (Å²) in [6.07, 6.45) is 0. The maximum atomic E-state index is 12.0. The van der Waals surface area contributed by atoms with Crippen molar-refractivity contribution < 1.29 is 14.4 Å². The predicted octanol–water partition coefficient (Wildman–Crippen LogP) is 4.19. The van der Waals surface area contributed by atoms with Gasteiger partial charge in [0.05, 0.1) is 20.1 Å². The molecule has 6 nitrogen and oxygen atoms in total. The van der Waals surface area contributed by atoms with Crippen molar-refractivity contribution in [1.82, 2.24) is 5.32 Å². The molecule has 2 heterocycles. The third-order valence-electron chi connectivity index (χ3n) is 3.38. The number of hydrogen-bond acceptors (Lipinski definition) is 5. The molecule has 0 aliphatic carbocycles. The fourth-order valence-corrected chi connectivity index (χ4v) is 4.05. The van der Waals surface area contributed by atoms with Gasteiger partial charge in [-0.25, -0.2) is 0 Å². The average molecular weight is 464 g/mol. The minimum Gasteiger partial charge on any atom is -0.342 e. The van der Waals surface area contributed by atoms with Gasteiger partial charge in [-0.3, -0.25) is 14.4 Å². The summed E-state index contributed by atoms with van der Waals surface area (Å²) in [4.78, 5) is 37.0. The Morgan fingerprint density at radius 2 is 1.56 bits per heavy atom. The van der Waals surface area contributed by atoms with Gasteiger partial charge in [-0.15, -0.1) is 22.7 Å². The van der Waals surface area contributed by atoms with E-state index in [1.165, 1.54) is 22.7 Å². The molecule has 1 aromatic carbocycles. The largest absolute Gasteiger partial charge is 0.342 e. The lowest BCUT2D eigenvalue weighted by Gasteiger charge is -2.08. The molecule has 0 aliphatic heterocycles. The number of hydrogen-bond donors (Lipinski definition) is 3. The fraction of sp³-hybridized carbons (Fsp3) is 0.0556. The molecule has 0 aliphatic rings. The van der Waals surface area contributed by atoms with Crippen molar-refractivity contribution in [2.75, 3.05) is 17.2 Å². The van der Waals surface area contributed by atoms with E-state index >= 15 is 0 Å². The van der Waals surface area contributed by atoms with Gasteiger partial charge in [0.15, 0.2) is 0 Å². The minimum atomic E-state index is -0.339. The summed E-state index contributed by atoms with van der Waals surface area (Å²) in [7, 11) is 0. The molecule has 0 radical (unpaired) electrons. The standard InChI is InChI=1S/C18H14BrN3O3S2/c19-15-8-7-14(27-15)17(24)20-10-16(23)21-11-3-5-12(6-4-11)22-18(25)13-2-1-9-26-13/h1-9H,10H2,(H,20,24)(H,21,23)(H,22,25). The molecular weight excluding hydrogens is 450 g/mol. The first-order valence-corrected chi connectivity index (χ1v) is 10.3. The van der Waals surface area contributed by atoms with Crippen LogP contribution in [-0.4, -0.2) is 24.3 Å². The number of nitrogens with one attached hydrogen (secondary N) is 3. The Kier molecular flexibility index (Phi) is 6.38. The number of thiophene rings is 2. The van der Waals surface area contributed by atoms with Crippen molar-refractivity contribution >= 4 is 67.7 Å². The number of benzene rings is 1. The van der Waals surface area contributed by atoms with Gasteiger partial charge < -0.3 is 16.0 Å². The Bertz CT molecular complexity index is 953. The van der Waals surface area contributed by atoms with Crippen molar-refractivity contribution in [1.29, 1.82) is 0 Å². The van der Waals surface area contributed by atoms with E-state index in [9.17, 15) is 14.4 Å². The van der Waals surface area contributed by atoms with Crippen LogP contribution in [0.2, 0.25) is 0 Å². The van der Waals surface area contributed by atoms with Crippen LogP contribution < -0.4 is 16.0 Å². The predicted molar refractivity (Wildman–Crippen MR) is 112 cm³/mol. The SMILES string of the molecule is O=C(CNC(=O)c1ccc(Br)s1)Nc1ccc(NC(=O)c2cccs2)cc1. The summed E-state index contributed by atoms with van der Waals surface area (Å²) in [5.74, 6) is -0.813.